The zero-order chi connectivity index (χ0) is 20.9. The first-order chi connectivity index (χ1) is 14.1. The van der Waals surface area contributed by atoms with Crippen molar-refractivity contribution in [2.45, 2.75) is 26.2 Å². The Kier molecular flexibility index (Phi) is 10.5. The van der Waals surface area contributed by atoms with Gasteiger partial charge in [0.15, 0.2) is 0 Å². The van der Waals surface area contributed by atoms with Crippen LogP contribution in [0, 0.1) is 6.92 Å². The maximum absolute atomic E-state index is 12.9. The highest BCUT2D eigenvalue weighted by atomic mass is 16.5. The molecule has 0 aliphatic carbocycles. The summed E-state index contributed by atoms with van der Waals surface area (Å²) in [5.74, 6) is -0.256. The summed E-state index contributed by atoms with van der Waals surface area (Å²) >= 11 is 0. The Labute approximate surface area is 172 Å². The van der Waals surface area contributed by atoms with Crippen LogP contribution in [-0.4, -0.2) is 97.8 Å². The van der Waals surface area contributed by atoms with Gasteiger partial charge in [-0.1, -0.05) is 0 Å². The number of carbonyl (C=O) groups excluding carboxylic acids is 2. The van der Waals surface area contributed by atoms with E-state index in [9.17, 15) is 9.59 Å². The predicted octanol–water partition coefficient (Wildman–Crippen LogP) is 0.492. The molecule has 0 aromatic carbocycles. The van der Waals surface area contributed by atoms with Gasteiger partial charge in [0.05, 0.1) is 25.1 Å². The van der Waals surface area contributed by atoms with E-state index in [0.29, 0.717) is 31.9 Å². The van der Waals surface area contributed by atoms with Crippen LogP contribution in [0.5, 0.6) is 0 Å². The lowest BCUT2D eigenvalue weighted by Gasteiger charge is -2.28. The van der Waals surface area contributed by atoms with Crippen LogP contribution in [0.25, 0.3) is 0 Å². The summed E-state index contributed by atoms with van der Waals surface area (Å²) in [7, 11) is 1.64. The number of amides is 2. The normalized spacial score (nSPS) is 14.6. The van der Waals surface area contributed by atoms with Crippen molar-refractivity contribution >= 4 is 11.8 Å². The van der Waals surface area contributed by atoms with Crippen molar-refractivity contribution in [3.8, 4) is 0 Å². The van der Waals surface area contributed by atoms with E-state index in [-0.39, 0.29) is 18.2 Å². The molecule has 162 valence electrons. The number of carbonyl (C=O) groups is 2. The van der Waals surface area contributed by atoms with Crippen molar-refractivity contribution in [2.75, 3.05) is 66.2 Å². The fourth-order valence-electron chi connectivity index (χ4n) is 3.06. The number of aryl methyl sites for hydroxylation is 1. The fourth-order valence-corrected chi connectivity index (χ4v) is 3.06. The highest BCUT2D eigenvalue weighted by molar-refractivity contribution is 5.92. The number of aromatic nitrogens is 2. The standard InChI is InChI=1S/C20H33N5O4/c1-17-15-23-18(16-22-17)20(27)25(8-4-7-24-10-13-29-14-11-24)9-5-19(26)21-6-3-12-28-2/h15-16H,3-14H2,1-2H3,(H,21,26). The molecule has 0 bridgehead atoms. The summed E-state index contributed by atoms with van der Waals surface area (Å²) in [6, 6.07) is 0. The monoisotopic (exact) mass is 407 g/mol. The Morgan fingerprint density at radius 1 is 1.21 bits per heavy atom. The molecule has 1 aromatic heterocycles. The largest absolute Gasteiger partial charge is 0.385 e. The van der Waals surface area contributed by atoms with Crippen LogP contribution in [-0.2, 0) is 14.3 Å². The van der Waals surface area contributed by atoms with Gasteiger partial charge in [-0.15, -0.1) is 0 Å². The van der Waals surface area contributed by atoms with Gasteiger partial charge < -0.3 is 19.7 Å². The molecule has 0 unspecified atom stereocenters. The highest BCUT2D eigenvalue weighted by Crippen LogP contribution is 2.06. The molecule has 2 rings (SSSR count). The second-order valence-corrected chi connectivity index (χ2v) is 7.09. The molecular weight excluding hydrogens is 374 g/mol. The topological polar surface area (TPSA) is 96.9 Å². The van der Waals surface area contributed by atoms with Crippen LogP contribution in [0.2, 0.25) is 0 Å². The summed E-state index contributed by atoms with van der Waals surface area (Å²) in [6.07, 6.45) is 4.94. The van der Waals surface area contributed by atoms with Gasteiger partial charge in [0.1, 0.15) is 5.69 Å². The van der Waals surface area contributed by atoms with Gasteiger partial charge in [0, 0.05) is 65.6 Å². The van der Waals surface area contributed by atoms with Crippen LogP contribution in [0.1, 0.15) is 35.4 Å². The third-order valence-electron chi connectivity index (χ3n) is 4.75. The Hall–Kier alpha value is -2.10. The summed E-state index contributed by atoms with van der Waals surface area (Å²) in [4.78, 5) is 37.4. The van der Waals surface area contributed by atoms with E-state index in [1.165, 1.54) is 6.20 Å². The minimum absolute atomic E-state index is 0.0675. The number of nitrogens with zero attached hydrogens (tertiary/aromatic N) is 4. The molecule has 1 aliphatic rings. The average Bonchev–Trinajstić information content (AvgIpc) is 2.74. The zero-order valence-electron chi connectivity index (χ0n) is 17.6. The van der Waals surface area contributed by atoms with E-state index in [1.54, 1.807) is 18.2 Å². The minimum atomic E-state index is -0.188. The number of nitrogens with one attached hydrogen (secondary N) is 1. The molecule has 1 fully saturated rings. The van der Waals surface area contributed by atoms with E-state index >= 15 is 0 Å². The number of hydrogen-bond donors (Lipinski definition) is 1. The molecule has 2 heterocycles. The number of ether oxygens (including phenoxy) is 2. The van der Waals surface area contributed by atoms with E-state index < -0.39 is 0 Å². The Bertz CT molecular complexity index is 620. The lowest BCUT2D eigenvalue weighted by atomic mass is 10.2. The smallest absolute Gasteiger partial charge is 0.274 e. The fraction of sp³-hybridized carbons (Fsp3) is 0.700. The van der Waals surface area contributed by atoms with Gasteiger partial charge in [-0.25, -0.2) is 4.98 Å². The quantitative estimate of drug-likeness (QED) is 0.504. The van der Waals surface area contributed by atoms with Crippen LogP contribution in [0.3, 0.4) is 0 Å². The predicted molar refractivity (Wildman–Crippen MR) is 109 cm³/mol. The van der Waals surface area contributed by atoms with E-state index in [1.807, 2.05) is 6.92 Å². The number of rotatable bonds is 12. The van der Waals surface area contributed by atoms with Gasteiger partial charge in [0.2, 0.25) is 5.91 Å². The molecule has 0 radical (unpaired) electrons. The number of methoxy groups -OCH3 is 1. The first-order valence-corrected chi connectivity index (χ1v) is 10.2. The van der Waals surface area contributed by atoms with Crippen LogP contribution < -0.4 is 5.32 Å². The van der Waals surface area contributed by atoms with Gasteiger partial charge >= 0.3 is 0 Å². The number of hydrogen-bond acceptors (Lipinski definition) is 7. The molecule has 0 saturated carbocycles. The van der Waals surface area contributed by atoms with Gasteiger partial charge in [0.25, 0.3) is 5.91 Å². The molecule has 1 saturated heterocycles. The second-order valence-electron chi connectivity index (χ2n) is 7.09. The van der Waals surface area contributed by atoms with Gasteiger partial charge in [-0.3, -0.25) is 19.5 Å². The van der Waals surface area contributed by atoms with Gasteiger partial charge in [-0.2, -0.15) is 0 Å². The molecule has 1 N–H and O–H groups in total. The van der Waals surface area contributed by atoms with Crippen molar-refractivity contribution in [3.05, 3.63) is 23.8 Å². The third-order valence-corrected chi connectivity index (χ3v) is 4.75. The SMILES string of the molecule is COCCCNC(=O)CCN(CCCN1CCOCC1)C(=O)c1cnc(C)cn1. The molecule has 2 amide bonds. The summed E-state index contributed by atoms with van der Waals surface area (Å²) < 4.78 is 10.3. The maximum atomic E-state index is 12.9. The zero-order valence-corrected chi connectivity index (χ0v) is 17.6. The Morgan fingerprint density at radius 3 is 2.69 bits per heavy atom. The van der Waals surface area contributed by atoms with Crippen molar-refractivity contribution in [1.29, 1.82) is 0 Å². The first-order valence-electron chi connectivity index (χ1n) is 10.2. The molecular formula is C20H33N5O4. The van der Waals surface area contributed by atoms with E-state index in [0.717, 1.165) is 51.4 Å². The molecule has 0 atom stereocenters. The molecule has 1 aliphatic heterocycles. The molecule has 29 heavy (non-hydrogen) atoms. The molecule has 0 spiro atoms. The van der Waals surface area contributed by atoms with Crippen molar-refractivity contribution < 1.29 is 19.1 Å². The van der Waals surface area contributed by atoms with Gasteiger partial charge in [-0.05, 0) is 19.8 Å². The maximum Gasteiger partial charge on any atom is 0.274 e. The third kappa shape index (κ3) is 8.84. The Balaban J connectivity index is 1.86. The lowest BCUT2D eigenvalue weighted by Crippen LogP contribution is -2.40. The van der Waals surface area contributed by atoms with Crippen molar-refractivity contribution in [3.63, 3.8) is 0 Å². The first kappa shape index (κ1) is 23.2. The van der Waals surface area contributed by atoms with Crippen molar-refractivity contribution in [2.24, 2.45) is 0 Å². The van der Waals surface area contributed by atoms with Crippen LogP contribution in [0.4, 0.5) is 0 Å². The van der Waals surface area contributed by atoms with E-state index in [2.05, 4.69) is 20.2 Å². The summed E-state index contributed by atoms with van der Waals surface area (Å²) in [5, 5.41) is 2.86. The minimum Gasteiger partial charge on any atom is -0.385 e. The second kappa shape index (κ2) is 13.2. The molecule has 1 aromatic rings. The van der Waals surface area contributed by atoms with Crippen molar-refractivity contribution in [1.82, 2.24) is 25.1 Å². The molecule has 9 nitrogen and oxygen atoms in total. The lowest BCUT2D eigenvalue weighted by molar-refractivity contribution is -0.121. The van der Waals surface area contributed by atoms with Crippen LogP contribution in [0.15, 0.2) is 12.4 Å². The van der Waals surface area contributed by atoms with E-state index in [4.69, 9.17) is 9.47 Å². The molecule has 9 heteroatoms. The average molecular weight is 408 g/mol. The van der Waals surface area contributed by atoms with Crippen LogP contribution >= 0.6 is 0 Å². The summed E-state index contributed by atoms with van der Waals surface area (Å²) in [5.41, 5.74) is 1.07. The highest BCUT2D eigenvalue weighted by Gasteiger charge is 2.19. The summed E-state index contributed by atoms with van der Waals surface area (Å²) in [6.45, 7) is 8.18. The number of morpholine rings is 1. The Morgan fingerprint density at radius 2 is 2.00 bits per heavy atom.